The van der Waals surface area contributed by atoms with Crippen LogP contribution in [0.4, 0.5) is 4.79 Å². The first-order valence-electron chi connectivity index (χ1n) is 6.03. The van der Waals surface area contributed by atoms with Gasteiger partial charge in [0.2, 0.25) is 0 Å². The zero-order valence-electron chi connectivity index (χ0n) is 10.7. The average Bonchev–Trinajstić information content (AvgIpc) is 2.89. The minimum absolute atomic E-state index is 0.118. The lowest BCUT2D eigenvalue weighted by Crippen LogP contribution is -2.42. The van der Waals surface area contributed by atoms with Crippen molar-refractivity contribution in [3.8, 4) is 0 Å². The fourth-order valence-corrected chi connectivity index (χ4v) is 1.46. The van der Waals surface area contributed by atoms with E-state index in [0.29, 0.717) is 26.2 Å². The zero-order valence-corrected chi connectivity index (χ0v) is 10.7. The molecule has 1 aromatic heterocycles. The normalized spacial score (nSPS) is 9.89. The first-order valence-corrected chi connectivity index (χ1v) is 6.03. The number of amides is 3. The summed E-state index contributed by atoms with van der Waals surface area (Å²) in [5.74, 6) is -0.0119. The summed E-state index contributed by atoms with van der Waals surface area (Å²) in [4.78, 5) is 24.7. The maximum absolute atomic E-state index is 11.6. The molecule has 6 nitrogen and oxygen atoms in total. The topological polar surface area (TPSA) is 74.6 Å². The largest absolute Gasteiger partial charge is 0.459 e. The standard InChI is InChI=1S/C12H19N3O3/c1-3-15(4-2)12(17)14-8-7-13-11(16)10-6-5-9-18-10/h5-6,9H,3-4,7-8H2,1-2H3,(H,13,16)(H,14,17). The predicted molar refractivity (Wildman–Crippen MR) is 67.4 cm³/mol. The Kier molecular flexibility index (Phi) is 5.76. The fourth-order valence-electron chi connectivity index (χ4n) is 1.46. The highest BCUT2D eigenvalue weighted by Crippen LogP contribution is 1.98. The molecule has 0 saturated heterocycles. The van der Waals surface area contributed by atoms with E-state index in [4.69, 9.17) is 4.42 Å². The molecule has 0 spiro atoms. The molecular formula is C12H19N3O3. The second kappa shape index (κ2) is 7.37. The van der Waals surface area contributed by atoms with E-state index in [1.54, 1.807) is 17.0 Å². The van der Waals surface area contributed by atoms with Gasteiger partial charge in [-0.05, 0) is 26.0 Å². The van der Waals surface area contributed by atoms with E-state index >= 15 is 0 Å². The van der Waals surface area contributed by atoms with Crippen molar-refractivity contribution in [3.05, 3.63) is 24.2 Å². The second-order valence-electron chi connectivity index (χ2n) is 3.64. The average molecular weight is 253 g/mol. The Labute approximate surface area is 106 Å². The Hall–Kier alpha value is -1.98. The summed E-state index contributed by atoms with van der Waals surface area (Å²) in [5, 5.41) is 5.38. The van der Waals surface area contributed by atoms with E-state index in [9.17, 15) is 9.59 Å². The van der Waals surface area contributed by atoms with Gasteiger partial charge in [0.1, 0.15) is 0 Å². The Morgan fingerprint density at radius 2 is 1.89 bits per heavy atom. The predicted octanol–water partition coefficient (Wildman–Crippen LogP) is 1.06. The van der Waals surface area contributed by atoms with Crippen LogP contribution in [-0.4, -0.2) is 43.0 Å². The molecule has 100 valence electrons. The van der Waals surface area contributed by atoms with Crippen LogP contribution in [0.2, 0.25) is 0 Å². The van der Waals surface area contributed by atoms with Crippen LogP contribution >= 0.6 is 0 Å². The number of carbonyl (C=O) groups is 2. The monoisotopic (exact) mass is 253 g/mol. The molecule has 0 radical (unpaired) electrons. The van der Waals surface area contributed by atoms with Crippen molar-refractivity contribution in [1.82, 2.24) is 15.5 Å². The molecule has 0 aliphatic carbocycles. The Bertz CT molecular complexity index is 372. The first-order chi connectivity index (χ1) is 8.69. The smallest absolute Gasteiger partial charge is 0.317 e. The Balaban J connectivity index is 2.19. The molecule has 0 aliphatic heterocycles. The molecule has 2 N–H and O–H groups in total. The van der Waals surface area contributed by atoms with Gasteiger partial charge in [0.05, 0.1) is 6.26 Å². The van der Waals surface area contributed by atoms with Gasteiger partial charge in [0.15, 0.2) is 5.76 Å². The maximum atomic E-state index is 11.6. The number of furan rings is 1. The van der Waals surface area contributed by atoms with Crippen molar-refractivity contribution in [2.75, 3.05) is 26.2 Å². The van der Waals surface area contributed by atoms with Crippen molar-refractivity contribution in [2.45, 2.75) is 13.8 Å². The number of nitrogens with zero attached hydrogens (tertiary/aromatic N) is 1. The maximum Gasteiger partial charge on any atom is 0.317 e. The highest BCUT2D eigenvalue weighted by atomic mass is 16.3. The van der Waals surface area contributed by atoms with Crippen LogP contribution in [0.3, 0.4) is 0 Å². The lowest BCUT2D eigenvalue weighted by atomic mass is 10.4. The van der Waals surface area contributed by atoms with Gasteiger partial charge in [-0.3, -0.25) is 4.79 Å². The van der Waals surface area contributed by atoms with Gasteiger partial charge in [-0.2, -0.15) is 0 Å². The molecule has 18 heavy (non-hydrogen) atoms. The van der Waals surface area contributed by atoms with Crippen LogP contribution in [0.15, 0.2) is 22.8 Å². The quantitative estimate of drug-likeness (QED) is 0.744. The van der Waals surface area contributed by atoms with E-state index in [-0.39, 0.29) is 17.7 Å². The number of hydrogen-bond donors (Lipinski definition) is 2. The van der Waals surface area contributed by atoms with Gasteiger partial charge < -0.3 is 20.0 Å². The van der Waals surface area contributed by atoms with Gasteiger partial charge in [-0.1, -0.05) is 0 Å². The zero-order chi connectivity index (χ0) is 13.4. The SMILES string of the molecule is CCN(CC)C(=O)NCCNC(=O)c1ccco1. The van der Waals surface area contributed by atoms with Crippen LogP contribution in [0, 0.1) is 0 Å². The van der Waals surface area contributed by atoms with Gasteiger partial charge in [-0.15, -0.1) is 0 Å². The van der Waals surface area contributed by atoms with E-state index in [2.05, 4.69) is 10.6 Å². The van der Waals surface area contributed by atoms with Crippen LogP contribution in [0.25, 0.3) is 0 Å². The molecule has 6 heteroatoms. The van der Waals surface area contributed by atoms with Crippen molar-refractivity contribution in [1.29, 1.82) is 0 Å². The molecular weight excluding hydrogens is 234 g/mol. The van der Waals surface area contributed by atoms with Crippen LogP contribution in [0.1, 0.15) is 24.4 Å². The molecule has 0 aliphatic rings. The molecule has 1 aromatic rings. The number of rotatable bonds is 6. The van der Waals surface area contributed by atoms with Gasteiger partial charge in [0.25, 0.3) is 5.91 Å². The van der Waals surface area contributed by atoms with Crippen LogP contribution < -0.4 is 10.6 Å². The number of carbonyl (C=O) groups excluding carboxylic acids is 2. The summed E-state index contributed by atoms with van der Waals surface area (Å²) < 4.78 is 4.94. The third-order valence-corrected chi connectivity index (χ3v) is 2.48. The second-order valence-corrected chi connectivity index (χ2v) is 3.64. The fraction of sp³-hybridized carbons (Fsp3) is 0.500. The van der Waals surface area contributed by atoms with E-state index in [1.807, 2.05) is 13.8 Å². The molecule has 0 bridgehead atoms. The third kappa shape index (κ3) is 4.12. The molecule has 0 aromatic carbocycles. The molecule has 3 amide bonds. The number of nitrogens with one attached hydrogen (secondary N) is 2. The highest BCUT2D eigenvalue weighted by molar-refractivity contribution is 5.91. The summed E-state index contributed by atoms with van der Waals surface area (Å²) in [5.41, 5.74) is 0. The Morgan fingerprint density at radius 3 is 2.44 bits per heavy atom. The van der Waals surface area contributed by atoms with E-state index in [0.717, 1.165) is 0 Å². The molecule has 1 heterocycles. The summed E-state index contributed by atoms with van der Waals surface area (Å²) in [6.45, 7) is 5.93. The summed E-state index contributed by atoms with van der Waals surface area (Å²) in [6.07, 6.45) is 1.44. The molecule has 1 rings (SSSR count). The van der Waals surface area contributed by atoms with Gasteiger partial charge >= 0.3 is 6.03 Å². The molecule has 0 fully saturated rings. The van der Waals surface area contributed by atoms with Crippen molar-refractivity contribution >= 4 is 11.9 Å². The first kappa shape index (κ1) is 14.1. The van der Waals surface area contributed by atoms with E-state index in [1.165, 1.54) is 6.26 Å². The van der Waals surface area contributed by atoms with E-state index < -0.39 is 0 Å². The third-order valence-electron chi connectivity index (χ3n) is 2.48. The Morgan fingerprint density at radius 1 is 1.22 bits per heavy atom. The summed E-state index contributed by atoms with van der Waals surface area (Å²) in [7, 11) is 0. The molecule has 0 atom stereocenters. The van der Waals surface area contributed by atoms with Gasteiger partial charge in [0, 0.05) is 26.2 Å². The number of urea groups is 1. The van der Waals surface area contributed by atoms with Crippen LogP contribution in [0.5, 0.6) is 0 Å². The van der Waals surface area contributed by atoms with Crippen molar-refractivity contribution in [3.63, 3.8) is 0 Å². The van der Waals surface area contributed by atoms with Crippen molar-refractivity contribution < 1.29 is 14.0 Å². The number of hydrogen-bond acceptors (Lipinski definition) is 3. The van der Waals surface area contributed by atoms with Crippen LogP contribution in [-0.2, 0) is 0 Å². The summed E-state index contributed by atoms with van der Waals surface area (Å²) in [6, 6.07) is 3.12. The van der Waals surface area contributed by atoms with Crippen molar-refractivity contribution in [2.24, 2.45) is 0 Å². The summed E-state index contributed by atoms with van der Waals surface area (Å²) >= 11 is 0. The highest BCUT2D eigenvalue weighted by Gasteiger charge is 2.09. The lowest BCUT2D eigenvalue weighted by molar-refractivity contribution is 0.0926. The lowest BCUT2D eigenvalue weighted by Gasteiger charge is -2.19. The minimum atomic E-state index is -0.280. The minimum Gasteiger partial charge on any atom is -0.459 e. The molecule has 0 saturated carbocycles. The molecule has 0 unspecified atom stereocenters. The van der Waals surface area contributed by atoms with Gasteiger partial charge in [-0.25, -0.2) is 4.79 Å².